The molecule has 1 fully saturated rings. The van der Waals surface area contributed by atoms with Crippen LogP contribution in [0.5, 0.6) is 0 Å². The largest absolute Gasteiger partial charge is 0.461 e. The first kappa shape index (κ1) is 14.8. The zero-order valence-corrected chi connectivity index (χ0v) is 12.4. The van der Waals surface area contributed by atoms with Gasteiger partial charge in [-0.25, -0.2) is 9.78 Å². The lowest BCUT2D eigenvalue weighted by atomic mass is 10.1. The summed E-state index contributed by atoms with van der Waals surface area (Å²) in [6.07, 6.45) is 2.92. The van der Waals surface area contributed by atoms with Gasteiger partial charge in [0.1, 0.15) is 11.6 Å². The average molecular weight is 281 g/mol. The molecule has 1 aliphatic rings. The Morgan fingerprint density at radius 1 is 1.60 bits per heavy atom. The Balaban J connectivity index is 2.33. The molecular formula is C14H23N3O3. The molecule has 2 unspecified atom stereocenters. The summed E-state index contributed by atoms with van der Waals surface area (Å²) in [7, 11) is 0. The maximum absolute atomic E-state index is 11.9. The van der Waals surface area contributed by atoms with Crippen molar-refractivity contribution in [1.29, 1.82) is 0 Å². The Labute approximate surface area is 119 Å². The molecule has 6 nitrogen and oxygen atoms in total. The number of hydrogen-bond donors (Lipinski definition) is 1. The van der Waals surface area contributed by atoms with Gasteiger partial charge in [-0.1, -0.05) is 6.92 Å². The third-order valence-electron chi connectivity index (χ3n) is 3.72. The minimum absolute atomic E-state index is 0.0723. The monoisotopic (exact) mass is 281 g/mol. The minimum Gasteiger partial charge on any atom is -0.461 e. The van der Waals surface area contributed by atoms with Crippen LogP contribution in [0.25, 0.3) is 0 Å². The summed E-state index contributed by atoms with van der Waals surface area (Å²) in [5.41, 5.74) is 6.34. The lowest BCUT2D eigenvalue weighted by Gasteiger charge is -2.23. The second kappa shape index (κ2) is 6.26. The predicted octanol–water partition coefficient (Wildman–Crippen LogP) is 1.94. The van der Waals surface area contributed by atoms with Gasteiger partial charge >= 0.3 is 5.97 Å². The number of carbonyl (C=O) groups is 1. The fraction of sp³-hybridized carbons (Fsp3) is 0.714. The second-order valence-corrected chi connectivity index (χ2v) is 5.00. The molecule has 1 saturated heterocycles. The first-order valence-corrected chi connectivity index (χ1v) is 7.25. The standard InChI is InChI=1S/C14H23N3O3/c1-4-11-16-12(14(18)19-5-2)13(15)17(11)9(3)10-7-6-8-20-10/h9-10H,4-8,15H2,1-3H3. The van der Waals surface area contributed by atoms with Crippen molar-refractivity contribution in [3.05, 3.63) is 11.5 Å². The van der Waals surface area contributed by atoms with Crippen molar-refractivity contribution < 1.29 is 14.3 Å². The van der Waals surface area contributed by atoms with Crippen LogP contribution < -0.4 is 5.73 Å². The Hall–Kier alpha value is -1.56. The van der Waals surface area contributed by atoms with E-state index in [1.165, 1.54) is 0 Å². The van der Waals surface area contributed by atoms with Crippen molar-refractivity contribution in [3.8, 4) is 0 Å². The molecule has 2 atom stereocenters. The summed E-state index contributed by atoms with van der Waals surface area (Å²) in [5.74, 6) is 0.717. The molecular weight excluding hydrogens is 258 g/mol. The van der Waals surface area contributed by atoms with Gasteiger partial charge in [0.2, 0.25) is 0 Å². The maximum Gasteiger partial charge on any atom is 0.360 e. The number of rotatable bonds is 5. The molecule has 0 aromatic carbocycles. The number of esters is 1. The fourth-order valence-corrected chi connectivity index (χ4v) is 2.70. The Bertz CT molecular complexity index is 478. The van der Waals surface area contributed by atoms with E-state index in [0.717, 1.165) is 25.3 Å². The van der Waals surface area contributed by atoms with Crippen molar-refractivity contribution >= 4 is 11.8 Å². The van der Waals surface area contributed by atoms with Gasteiger partial charge in [-0.2, -0.15) is 0 Å². The van der Waals surface area contributed by atoms with Gasteiger partial charge in [0.15, 0.2) is 5.69 Å². The number of nitrogen functional groups attached to an aromatic ring is 1. The summed E-state index contributed by atoms with van der Waals surface area (Å²) >= 11 is 0. The van der Waals surface area contributed by atoms with E-state index in [2.05, 4.69) is 11.9 Å². The smallest absolute Gasteiger partial charge is 0.360 e. The summed E-state index contributed by atoms with van der Waals surface area (Å²) in [6.45, 7) is 6.92. The lowest BCUT2D eigenvalue weighted by molar-refractivity contribution is 0.0520. The summed E-state index contributed by atoms with van der Waals surface area (Å²) < 4.78 is 12.6. The van der Waals surface area contributed by atoms with E-state index in [4.69, 9.17) is 15.2 Å². The number of aromatic nitrogens is 2. The zero-order chi connectivity index (χ0) is 14.7. The third-order valence-corrected chi connectivity index (χ3v) is 3.72. The molecule has 0 spiro atoms. The molecule has 6 heteroatoms. The van der Waals surface area contributed by atoms with Crippen molar-refractivity contribution in [1.82, 2.24) is 9.55 Å². The van der Waals surface area contributed by atoms with E-state index in [1.807, 2.05) is 11.5 Å². The summed E-state index contributed by atoms with van der Waals surface area (Å²) in [4.78, 5) is 16.2. The summed E-state index contributed by atoms with van der Waals surface area (Å²) in [6, 6.07) is 0.0723. The molecule has 0 radical (unpaired) electrons. The van der Waals surface area contributed by atoms with Gasteiger partial charge in [-0.15, -0.1) is 0 Å². The number of imidazole rings is 1. The van der Waals surface area contributed by atoms with Gasteiger partial charge in [0.25, 0.3) is 0 Å². The van der Waals surface area contributed by atoms with Crippen molar-refractivity contribution in [2.45, 2.75) is 52.2 Å². The van der Waals surface area contributed by atoms with Crippen LogP contribution in [0.4, 0.5) is 5.82 Å². The Morgan fingerprint density at radius 3 is 2.90 bits per heavy atom. The highest BCUT2D eigenvalue weighted by molar-refractivity contribution is 5.92. The van der Waals surface area contributed by atoms with Crippen LogP contribution in [0.15, 0.2) is 0 Å². The predicted molar refractivity (Wildman–Crippen MR) is 75.7 cm³/mol. The molecule has 2 rings (SSSR count). The summed E-state index contributed by atoms with van der Waals surface area (Å²) in [5, 5.41) is 0. The van der Waals surface area contributed by atoms with Crippen LogP contribution >= 0.6 is 0 Å². The van der Waals surface area contributed by atoms with Crippen LogP contribution in [-0.2, 0) is 15.9 Å². The van der Waals surface area contributed by atoms with E-state index in [-0.39, 0.29) is 17.8 Å². The molecule has 0 amide bonds. The maximum atomic E-state index is 11.9. The van der Waals surface area contributed by atoms with Crippen molar-refractivity contribution in [2.24, 2.45) is 0 Å². The van der Waals surface area contributed by atoms with Crippen LogP contribution in [0.1, 0.15) is 56.0 Å². The van der Waals surface area contributed by atoms with Gasteiger partial charge in [0, 0.05) is 13.0 Å². The Morgan fingerprint density at radius 2 is 2.35 bits per heavy atom. The van der Waals surface area contributed by atoms with Crippen LogP contribution in [0.2, 0.25) is 0 Å². The molecule has 0 aliphatic carbocycles. The number of hydrogen-bond acceptors (Lipinski definition) is 5. The highest BCUT2D eigenvalue weighted by Crippen LogP contribution is 2.29. The number of carbonyl (C=O) groups excluding carboxylic acids is 1. The number of ether oxygens (including phenoxy) is 2. The fourth-order valence-electron chi connectivity index (χ4n) is 2.70. The first-order valence-electron chi connectivity index (χ1n) is 7.25. The van der Waals surface area contributed by atoms with E-state index in [1.54, 1.807) is 6.92 Å². The van der Waals surface area contributed by atoms with Crippen molar-refractivity contribution in [2.75, 3.05) is 18.9 Å². The van der Waals surface area contributed by atoms with E-state index < -0.39 is 5.97 Å². The quantitative estimate of drug-likeness (QED) is 0.834. The minimum atomic E-state index is -0.460. The molecule has 2 heterocycles. The molecule has 20 heavy (non-hydrogen) atoms. The molecule has 1 aromatic heterocycles. The highest BCUT2D eigenvalue weighted by atomic mass is 16.5. The molecule has 112 valence electrons. The van der Waals surface area contributed by atoms with Gasteiger partial charge in [0.05, 0.1) is 18.8 Å². The highest BCUT2D eigenvalue weighted by Gasteiger charge is 2.29. The van der Waals surface area contributed by atoms with Crippen LogP contribution in [0.3, 0.4) is 0 Å². The number of anilines is 1. The molecule has 0 bridgehead atoms. The molecule has 2 N–H and O–H groups in total. The van der Waals surface area contributed by atoms with Gasteiger partial charge < -0.3 is 19.8 Å². The average Bonchev–Trinajstić information content (AvgIpc) is 3.05. The SMILES string of the molecule is CCOC(=O)c1nc(CC)n(C(C)C2CCCO2)c1N. The lowest BCUT2D eigenvalue weighted by Crippen LogP contribution is -2.24. The molecule has 0 saturated carbocycles. The second-order valence-electron chi connectivity index (χ2n) is 5.00. The van der Waals surface area contributed by atoms with Crippen LogP contribution in [-0.4, -0.2) is 34.8 Å². The van der Waals surface area contributed by atoms with Crippen LogP contribution in [0, 0.1) is 0 Å². The molecule has 1 aliphatic heterocycles. The van der Waals surface area contributed by atoms with E-state index in [9.17, 15) is 4.79 Å². The number of aryl methyl sites for hydroxylation is 1. The third kappa shape index (κ3) is 2.65. The van der Waals surface area contributed by atoms with E-state index >= 15 is 0 Å². The number of nitrogens with zero attached hydrogens (tertiary/aromatic N) is 2. The van der Waals surface area contributed by atoms with Gasteiger partial charge in [-0.3, -0.25) is 0 Å². The Kier molecular flexibility index (Phi) is 4.65. The first-order chi connectivity index (χ1) is 9.60. The topological polar surface area (TPSA) is 79.4 Å². The van der Waals surface area contributed by atoms with E-state index in [0.29, 0.717) is 18.8 Å². The van der Waals surface area contributed by atoms with Gasteiger partial charge in [-0.05, 0) is 26.7 Å². The molecule has 1 aromatic rings. The number of nitrogens with two attached hydrogens (primary N) is 1. The zero-order valence-electron chi connectivity index (χ0n) is 12.4. The normalized spacial score (nSPS) is 20.1. The van der Waals surface area contributed by atoms with Crippen molar-refractivity contribution in [3.63, 3.8) is 0 Å².